The summed E-state index contributed by atoms with van der Waals surface area (Å²) in [6.07, 6.45) is 5.41. The number of esters is 1. The lowest BCUT2D eigenvalue weighted by atomic mass is 9.86. The standard InChI is InChI=1S/C26H20N4O6/c31-23(28-22-12-13-36-29-22)15-35-26(32)24-19-5-1-2-7-21(19)27-25-17(4-3-6-20(24)25)14-16-8-10-18(11-9-16)30(33)34/h1-2,5,7-14H,3-4,6,15H2,(H,28,29,31)/b17-14+. The topological polar surface area (TPSA) is 137 Å². The molecule has 0 radical (unpaired) electrons. The zero-order valence-corrected chi connectivity index (χ0v) is 19.0. The van der Waals surface area contributed by atoms with E-state index in [1.807, 2.05) is 30.3 Å². The predicted octanol–water partition coefficient (Wildman–Crippen LogP) is 4.80. The Kier molecular flexibility index (Phi) is 6.23. The van der Waals surface area contributed by atoms with Crippen LogP contribution in [0.2, 0.25) is 0 Å². The number of nitro groups is 1. The number of anilines is 1. The highest BCUT2D eigenvalue weighted by atomic mass is 16.6. The smallest absolute Gasteiger partial charge is 0.339 e. The van der Waals surface area contributed by atoms with Crippen LogP contribution in [0.5, 0.6) is 0 Å². The van der Waals surface area contributed by atoms with Gasteiger partial charge >= 0.3 is 5.97 Å². The van der Waals surface area contributed by atoms with Crippen molar-refractivity contribution in [2.24, 2.45) is 0 Å². The Hall–Kier alpha value is -4.86. The number of para-hydroxylation sites is 1. The number of nitro benzene ring substituents is 1. The number of fused-ring (bicyclic) bond motifs is 2. The summed E-state index contributed by atoms with van der Waals surface area (Å²) in [5.41, 5.74) is 4.21. The molecule has 1 aliphatic rings. The molecule has 1 amide bonds. The van der Waals surface area contributed by atoms with Crippen molar-refractivity contribution in [2.45, 2.75) is 19.3 Å². The second-order valence-electron chi connectivity index (χ2n) is 8.21. The largest absolute Gasteiger partial charge is 0.452 e. The van der Waals surface area contributed by atoms with Gasteiger partial charge in [0.1, 0.15) is 6.26 Å². The lowest BCUT2D eigenvalue weighted by Gasteiger charge is -2.22. The zero-order valence-electron chi connectivity index (χ0n) is 19.0. The molecule has 0 atom stereocenters. The summed E-state index contributed by atoms with van der Waals surface area (Å²) in [6, 6.07) is 15.0. The maximum atomic E-state index is 13.3. The molecule has 2 aromatic heterocycles. The monoisotopic (exact) mass is 484 g/mol. The third-order valence-corrected chi connectivity index (χ3v) is 5.86. The molecule has 2 heterocycles. The number of pyridine rings is 1. The summed E-state index contributed by atoms with van der Waals surface area (Å²) in [4.78, 5) is 40.8. The Bertz CT molecular complexity index is 1490. The first-order valence-corrected chi connectivity index (χ1v) is 11.2. The lowest BCUT2D eigenvalue weighted by Crippen LogP contribution is -2.22. The Balaban J connectivity index is 1.48. The molecule has 0 saturated heterocycles. The first-order valence-electron chi connectivity index (χ1n) is 11.2. The fraction of sp³-hybridized carbons (Fsp3) is 0.154. The maximum Gasteiger partial charge on any atom is 0.339 e. The number of carbonyl (C=O) groups excluding carboxylic acids is 2. The summed E-state index contributed by atoms with van der Waals surface area (Å²) in [5.74, 6) is -0.927. The van der Waals surface area contributed by atoms with E-state index in [0.29, 0.717) is 28.6 Å². The SMILES string of the molecule is O=C(COC(=O)c1c2c(nc3ccccc13)/C(=C/c1ccc([N+](=O)[O-])cc1)CCC2)Nc1ccon1. The van der Waals surface area contributed by atoms with Gasteiger partial charge in [-0.2, -0.15) is 0 Å². The molecule has 0 bridgehead atoms. The van der Waals surface area contributed by atoms with Gasteiger partial charge in [0, 0.05) is 23.6 Å². The fourth-order valence-corrected chi connectivity index (χ4v) is 4.26. The Morgan fingerprint density at radius 1 is 1.11 bits per heavy atom. The summed E-state index contributed by atoms with van der Waals surface area (Å²) in [5, 5.41) is 17.7. The minimum atomic E-state index is -0.614. The quantitative estimate of drug-likeness (QED) is 0.234. The van der Waals surface area contributed by atoms with Crippen LogP contribution in [0.4, 0.5) is 11.5 Å². The third-order valence-electron chi connectivity index (χ3n) is 5.86. The fourth-order valence-electron chi connectivity index (χ4n) is 4.26. The zero-order chi connectivity index (χ0) is 25.1. The summed E-state index contributed by atoms with van der Waals surface area (Å²) < 4.78 is 10.1. The van der Waals surface area contributed by atoms with E-state index in [4.69, 9.17) is 9.72 Å². The van der Waals surface area contributed by atoms with Crippen LogP contribution in [-0.2, 0) is 16.0 Å². The van der Waals surface area contributed by atoms with Gasteiger partial charge in [0.15, 0.2) is 12.4 Å². The van der Waals surface area contributed by atoms with Crippen molar-refractivity contribution in [2.75, 3.05) is 11.9 Å². The van der Waals surface area contributed by atoms with Crippen LogP contribution < -0.4 is 5.32 Å². The van der Waals surface area contributed by atoms with Crippen molar-refractivity contribution >= 4 is 45.9 Å². The van der Waals surface area contributed by atoms with Gasteiger partial charge in [0.2, 0.25) is 0 Å². The first-order chi connectivity index (χ1) is 17.5. The van der Waals surface area contributed by atoms with Crippen LogP contribution in [0, 0.1) is 10.1 Å². The van der Waals surface area contributed by atoms with Gasteiger partial charge in [0.05, 0.1) is 21.7 Å². The van der Waals surface area contributed by atoms with Crippen molar-refractivity contribution in [1.29, 1.82) is 0 Å². The van der Waals surface area contributed by atoms with E-state index in [0.717, 1.165) is 29.5 Å². The van der Waals surface area contributed by atoms with Crippen molar-refractivity contribution in [3.05, 3.63) is 93.4 Å². The van der Waals surface area contributed by atoms with Crippen molar-refractivity contribution in [3.8, 4) is 0 Å². The van der Waals surface area contributed by atoms with E-state index in [1.54, 1.807) is 12.1 Å². The van der Waals surface area contributed by atoms with Gasteiger partial charge in [-0.05, 0) is 60.2 Å². The molecule has 180 valence electrons. The van der Waals surface area contributed by atoms with E-state index in [1.165, 1.54) is 24.5 Å². The molecule has 0 saturated carbocycles. The van der Waals surface area contributed by atoms with Gasteiger partial charge < -0.3 is 14.6 Å². The molecule has 0 unspecified atom stereocenters. The number of carbonyl (C=O) groups is 2. The van der Waals surface area contributed by atoms with Crippen LogP contribution in [-0.4, -0.2) is 33.5 Å². The highest BCUT2D eigenvalue weighted by molar-refractivity contribution is 6.07. The first kappa shape index (κ1) is 22.9. The second kappa shape index (κ2) is 9.79. The van der Waals surface area contributed by atoms with Crippen LogP contribution in [0.15, 0.2) is 65.4 Å². The molecule has 0 aliphatic heterocycles. The van der Waals surface area contributed by atoms with Crippen molar-refractivity contribution < 1.29 is 23.8 Å². The number of nitrogens with zero attached hydrogens (tertiary/aromatic N) is 3. The second-order valence-corrected chi connectivity index (χ2v) is 8.21. The van der Waals surface area contributed by atoms with Gasteiger partial charge in [-0.1, -0.05) is 23.4 Å². The number of benzene rings is 2. The van der Waals surface area contributed by atoms with E-state index in [-0.39, 0.29) is 11.5 Å². The van der Waals surface area contributed by atoms with Gasteiger partial charge in [-0.15, -0.1) is 0 Å². The molecule has 10 heteroatoms. The number of ether oxygens (including phenoxy) is 1. The summed E-state index contributed by atoms with van der Waals surface area (Å²) in [6.45, 7) is -0.484. The molecule has 1 N–H and O–H groups in total. The van der Waals surface area contributed by atoms with E-state index in [2.05, 4.69) is 15.0 Å². The number of rotatable bonds is 6. The minimum absolute atomic E-state index is 0.0166. The highest BCUT2D eigenvalue weighted by Gasteiger charge is 2.26. The number of aromatic nitrogens is 2. The summed E-state index contributed by atoms with van der Waals surface area (Å²) >= 11 is 0. The van der Waals surface area contributed by atoms with Gasteiger partial charge in [-0.3, -0.25) is 14.9 Å². The van der Waals surface area contributed by atoms with E-state index >= 15 is 0 Å². The molecule has 10 nitrogen and oxygen atoms in total. The number of amides is 1. The molecule has 4 aromatic rings. The predicted molar refractivity (Wildman–Crippen MR) is 131 cm³/mol. The maximum absolute atomic E-state index is 13.3. The molecule has 5 rings (SSSR count). The number of non-ortho nitro benzene ring substituents is 1. The van der Waals surface area contributed by atoms with Crippen LogP contribution in [0.1, 0.15) is 40.0 Å². The van der Waals surface area contributed by atoms with Crippen molar-refractivity contribution in [1.82, 2.24) is 10.1 Å². The van der Waals surface area contributed by atoms with Gasteiger partial charge in [0.25, 0.3) is 11.6 Å². The molecule has 36 heavy (non-hydrogen) atoms. The highest BCUT2D eigenvalue weighted by Crippen LogP contribution is 2.36. The summed E-state index contributed by atoms with van der Waals surface area (Å²) in [7, 11) is 0. The number of nitrogens with one attached hydrogen (secondary N) is 1. The molecule has 0 spiro atoms. The third kappa shape index (κ3) is 4.69. The number of allylic oxidation sites excluding steroid dienone is 1. The van der Waals surface area contributed by atoms with E-state index < -0.39 is 23.4 Å². The Morgan fingerprint density at radius 3 is 2.67 bits per heavy atom. The Morgan fingerprint density at radius 2 is 1.92 bits per heavy atom. The van der Waals surface area contributed by atoms with E-state index in [9.17, 15) is 19.7 Å². The van der Waals surface area contributed by atoms with Crippen LogP contribution in [0.3, 0.4) is 0 Å². The average molecular weight is 484 g/mol. The average Bonchev–Trinajstić information content (AvgIpc) is 3.39. The molecular weight excluding hydrogens is 464 g/mol. The number of hydrogen-bond donors (Lipinski definition) is 1. The van der Waals surface area contributed by atoms with Gasteiger partial charge in [-0.25, -0.2) is 9.78 Å². The Labute approximate surface area is 204 Å². The molecule has 2 aromatic carbocycles. The van der Waals surface area contributed by atoms with Crippen LogP contribution in [0.25, 0.3) is 22.6 Å². The van der Waals surface area contributed by atoms with Crippen LogP contribution >= 0.6 is 0 Å². The minimum Gasteiger partial charge on any atom is -0.452 e. The molecular formula is C26H20N4O6. The molecule has 1 aliphatic carbocycles. The molecule has 0 fully saturated rings. The number of hydrogen-bond acceptors (Lipinski definition) is 8. The lowest BCUT2D eigenvalue weighted by molar-refractivity contribution is -0.384. The van der Waals surface area contributed by atoms with Crippen molar-refractivity contribution in [3.63, 3.8) is 0 Å². The normalized spacial score (nSPS) is 13.8.